The average molecular weight is 367 g/mol. The van der Waals surface area contributed by atoms with Gasteiger partial charge in [-0.15, -0.1) is 0 Å². The third-order valence-electron chi connectivity index (χ3n) is 3.56. The predicted molar refractivity (Wildman–Crippen MR) is 105 cm³/mol. The number of anilines is 3. The maximum atomic E-state index is 14.0. The molecule has 140 valence electrons. The summed E-state index contributed by atoms with van der Waals surface area (Å²) in [6, 6.07) is 12.0. The number of nitrogens with zero attached hydrogens (tertiary/aromatic N) is 3. The van der Waals surface area contributed by atoms with Crippen molar-refractivity contribution in [3.05, 3.63) is 54.5 Å². The highest BCUT2D eigenvalue weighted by Gasteiger charge is 2.14. The topological polar surface area (TPSA) is 72.0 Å². The molecule has 0 saturated carbocycles. The Morgan fingerprint density at radius 1 is 1.00 bits per heavy atom. The Labute approximate surface area is 157 Å². The lowest BCUT2D eigenvalue weighted by Crippen LogP contribution is -2.27. The van der Waals surface area contributed by atoms with Gasteiger partial charge in [-0.3, -0.25) is 4.98 Å². The van der Waals surface area contributed by atoms with Gasteiger partial charge < -0.3 is 15.4 Å². The first kappa shape index (κ1) is 18.6. The largest absolute Gasteiger partial charge is 0.494 e. The minimum Gasteiger partial charge on any atom is -0.494 e. The molecule has 0 fully saturated rings. The highest BCUT2D eigenvalue weighted by atomic mass is 19.1. The van der Waals surface area contributed by atoms with Crippen LogP contribution in [-0.4, -0.2) is 27.6 Å². The van der Waals surface area contributed by atoms with Crippen LogP contribution in [0.2, 0.25) is 0 Å². The Balaban J connectivity index is 1.98. The Hall–Kier alpha value is -3.22. The van der Waals surface area contributed by atoms with Crippen molar-refractivity contribution in [2.45, 2.75) is 26.3 Å². The van der Waals surface area contributed by atoms with Crippen molar-refractivity contribution < 1.29 is 9.13 Å². The van der Waals surface area contributed by atoms with E-state index in [0.717, 1.165) is 5.69 Å². The van der Waals surface area contributed by atoms with Gasteiger partial charge in [-0.2, -0.15) is 4.98 Å². The standard InChI is InChI=1S/C20H22FN5O/c1-20(2,3)26-19-24-16(15-7-5-6-10-22-15)12-18(25-19)23-13-8-9-17(27-4)14(21)11-13/h5-12H,1-4H3,(H2,23,24,25,26). The van der Waals surface area contributed by atoms with E-state index >= 15 is 0 Å². The molecule has 0 radical (unpaired) electrons. The second-order valence-corrected chi connectivity index (χ2v) is 7.03. The summed E-state index contributed by atoms with van der Waals surface area (Å²) >= 11 is 0. The normalized spacial score (nSPS) is 11.1. The summed E-state index contributed by atoms with van der Waals surface area (Å²) in [5.74, 6) is 0.728. The molecule has 27 heavy (non-hydrogen) atoms. The number of benzene rings is 1. The molecule has 0 bridgehead atoms. The van der Waals surface area contributed by atoms with Crippen LogP contribution in [0, 0.1) is 5.82 Å². The SMILES string of the molecule is COc1ccc(Nc2cc(-c3ccccn3)nc(NC(C)(C)C)n2)cc1F. The maximum Gasteiger partial charge on any atom is 0.225 e. The smallest absolute Gasteiger partial charge is 0.225 e. The summed E-state index contributed by atoms with van der Waals surface area (Å²) in [4.78, 5) is 13.4. The zero-order valence-electron chi connectivity index (χ0n) is 15.7. The molecular weight excluding hydrogens is 345 g/mol. The number of hydrogen-bond acceptors (Lipinski definition) is 6. The predicted octanol–water partition coefficient (Wildman–Crippen LogP) is 4.64. The first-order valence-electron chi connectivity index (χ1n) is 8.53. The van der Waals surface area contributed by atoms with E-state index in [1.807, 2.05) is 39.0 Å². The third-order valence-corrected chi connectivity index (χ3v) is 3.56. The molecule has 0 aliphatic rings. The second kappa shape index (κ2) is 7.57. The molecular formula is C20H22FN5O. The quantitative estimate of drug-likeness (QED) is 0.684. The number of methoxy groups -OCH3 is 1. The van der Waals surface area contributed by atoms with Crippen LogP contribution < -0.4 is 15.4 Å². The first-order valence-corrected chi connectivity index (χ1v) is 8.53. The van der Waals surface area contributed by atoms with Gasteiger partial charge in [0.2, 0.25) is 5.95 Å². The number of rotatable bonds is 5. The van der Waals surface area contributed by atoms with E-state index in [0.29, 0.717) is 23.1 Å². The molecule has 2 N–H and O–H groups in total. The summed E-state index contributed by atoms with van der Waals surface area (Å²) in [5.41, 5.74) is 1.72. The van der Waals surface area contributed by atoms with Crippen molar-refractivity contribution in [2.75, 3.05) is 17.7 Å². The number of hydrogen-bond donors (Lipinski definition) is 2. The molecule has 7 heteroatoms. The van der Waals surface area contributed by atoms with Crippen molar-refractivity contribution in [3.63, 3.8) is 0 Å². The number of halogens is 1. The first-order chi connectivity index (χ1) is 12.8. The minimum atomic E-state index is -0.449. The van der Waals surface area contributed by atoms with Gasteiger partial charge in [0.25, 0.3) is 0 Å². The fourth-order valence-electron chi connectivity index (χ4n) is 2.44. The van der Waals surface area contributed by atoms with E-state index in [4.69, 9.17) is 4.74 Å². The lowest BCUT2D eigenvalue weighted by molar-refractivity contribution is 0.386. The Morgan fingerprint density at radius 2 is 1.81 bits per heavy atom. The molecule has 0 aliphatic carbocycles. The van der Waals surface area contributed by atoms with Crippen LogP contribution in [0.3, 0.4) is 0 Å². The monoisotopic (exact) mass is 367 g/mol. The van der Waals surface area contributed by atoms with Gasteiger partial charge in [-0.25, -0.2) is 9.37 Å². The molecule has 0 saturated heterocycles. The Bertz CT molecular complexity index is 925. The van der Waals surface area contributed by atoms with E-state index in [1.165, 1.54) is 13.2 Å². The summed E-state index contributed by atoms with van der Waals surface area (Å²) in [6.45, 7) is 6.07. The van der Waals surface area contributed by atoms with Crippen LogP contribution >= 0.6 is 0 Å². The molecule has 2 aromatic heterocycles. The molecule has 0 spiro atoms. The molecule has 6 nitrogen and oxygen atoms in total. The highest BCUT2D eigenvalue weighted by Crippen LogP contribution is 2.26. The lowest BCUT2D eigenvalue weighted by atomic mass is 10.1. The fourth-order valence-corrected chi connectivity index (χ4v) is 2.44. The van der Waals surface area contributed by atoms with Gasteiger partial charge in [0.15, 0.2) is 11.6 Å². The van der Waals surface area contributed by atoms with Crippen LogP contribution in [0.5, 0.6) is 5.75 Å². The van der Waals surface area contributed by atoms with Crippen LogP contribution in [-0.2, 0) is 0 Å². The Morgan fingerprint density at radius 3 is 2.44 bits per heavy atom. The van der Waals surface area contributed by atoms with Crippen molar-refractivity contribution in [3.8, 4) is 17.1 Å². The van der Waals surface area contributed by atoms with E-state index < -0.39 is 5.82 Å². The fraction of sp³-hybridized carbons (Fsp3) is 0.250. The summed E-state index contributed by atoms with van der Waals surface area (Å²) in [5, 5.41) is 6.38. The van der Waals surface area contributed by atoms with E-state index in [-0.39, 0.29) is 11.3 Å². The van der Waals surface area contributed by atoms with Gasteiger partial charge in [-0.1, -0.05) is 6.07 Å². The number of pyridine rings is 1. The van der Waals surface area contributed by atoms with E-state index in [2.05, 4.69) is 25.6 Å². The van der Waals surface area contributed by atoms with E-state index in [9.17, 15) is 4.39 Å². The lowest BCUT2D eigenvalue weighted by Gasteiger charge is -2.21. The number of aromatic nitrogens is 3. The zero-order valence-corrected chi connectivity index (χ0v) is 15.7. The Kier molecular flexibility index (Phi) is 5.21. The van der Waals surface area contributed by atoms with Crippen LogP contribution in [0.1, 0.15) is 20.8 Å². The van der Waals surface area contributed by atoms with Gasteiger partial charge in [-0.05, 0) is 45.0 Å². The van der Waals surface area contributed by atoms with Gasteiger partial charge in [0.1, 0.15) is 5.82 Å². The van der Waals surface area contributed by atoms with Crippen LogP contribution in [0.15, 0.2) is 48.7 Å². The van der Waals surface area contributed by atoms with Crippen molar-refractivity contribution in [1.29, 1.82) is 0 Å². The van der Waals surface area contributed by atoms with Gasteiger partial charge in [0.05, 0.1) is 18.5 Å². The van der Waals surface area contributed by atoms with Gasteiger partial charge in [0, 0.05) is 29.6 Å². The van der Waals surface area contributed by atoms with Crippen molar-refractivity contribution in [1.82, 2.24) is 15.0 Å². The average Bonchev–Trinajstić information content (AvgIpc) is 2.61. The summed E-state index contributed by atoms with van der Waals surface area (Å²) < 4.78 is 18.9. The van der Waals surface area contributed by atoms with Crippen LogP contribution in [0.4, 0.5) is 21.8 Å². The summed E-state index contributed by atoms with van der Waals surface area (Å²) in [6.07, 6.45) is 1.71. The minimum absolute atomic E-state index is 0.188. The molecule has 0 atom stereocenters. The number of ether oxygens (including phenoxy) is 1. The highest BCUT2D eigenvalue weighted by molar-refractivity contribution is 5.65. The molecule has 1 aromatic carbocycles. The van der Waals surface area contributed by atoms with E-state index in [1.54, 1.807) is 24.4 Å². The van der Waals surface area contributed by atoms with Crippen LogP contribution in [0.25, 0.3) is 11.4 Å². The third kappa shape index (κ3) is 4.91. The maximum absolute atomic E-state index is 14.0. The number of nitrogens with one attached hydrogen (secondary N) is 2. The molecule has 0 aliphatic heterocycles. The second-order valence-electron chi connectivity index (χ2n) is 7.03. The molecule has 3 aromatic rings. The van der Waals surface area contributed by atoms with Crippen molar-refractivity contribution in [2.24, 2.45) is 0 Å². The van der Waals surface area contributed by atoms with Gasteiger partial charge >= 0.3 is 0 Å². The van der Waals surface area contributed by atoms with Crippen molar-refractivity contribution >= 4 is 17.5 Å². The molecule has 2 heterocycles. The molecule has 0 amide bonds. The molecule has 3 rings (SSSR count). The summed E-state index contributed by atoms with van der Waals surface area (Å²) in [7, 11) is 1.43. The zero-order chi connectivity index (χ0) is 19.4. The molecule has 0 unspecified atom stereocenters.